The molecule has 1 aromatic heterocycles. The maximum absolute atomic E-state index is 13.9. The van der Waals surface area contributed by atoms with Gasteiger partial charge in [0, 0.05) is 27.4 Å². The second kappa shape index (κ2) is 5.60. The van der Waals surface area contributed by atoms with E-state index < -0.39 is 15.1 Å². The van der Waals surface area contributed by atoms with E-state index in [1.54, 1.807) is 18.2 Å². The topological polar surface area (TPSA) is 59.2 Å². The van der Waals surface area contributed by atoms with Crippen LogP contribution in [-0.4, -0.2) is 20.5 Å². The summed E-state index contributed by atoms with van der Waals surface area (Å²) in [6, 6.07) is 17.5. The smallest absolute Gasteiger partial charge is 0.332 e. The van der Waals surface area contributed by atoms with Crippen molar-refractivity contribution in [3.63, 3.8) is 0 Å². The third-order valence-electron chi connectivity index (χ3n) is 4.27. The number of benzene rings is 3. The van der Waals surface area contributed by atoms with Crippen LogP contribution in [0.4, 0.5) is 3.89 Å². The van der Waals surface area contributed by atoms with Gasteiger partial charge in [0.2, 0.25) is 0 Å². The fourth-order valence-electron chi connectivity index (χ4n) is 3.26. The molecule has 1 N–H and O–H groups in total. The maximum Gasteiger partial charge on any atom is 0.332 e. The average Bonchev–Trinajstić information content (AvgIpc) is 2.99. The molecule has 25 heavy (non-hydrogen) atoms. The van der Waals surface area contributed by atoms with Crippen molar-refractivity contribution in [2.45, 2.75) is 4.90 Å². The molecule has 4 nitrogen and oxygen atoms in total. The van der Waals surface area contributed by atoms with Crippen LogP contribution in [0, 0.1) is 0 Å². The highest BCUT2D eigenvalue weighted by Gasteiger charge is 2.24. The van der Waals surface area contributed by atoms with Gasteiger partial charge in [-0.1, -0.05) is 36.4 Å². The van der Waals surface area contributed by atoms with Crippen LogP contribution in [0.1, 0.15) is 0 Å². The van der Waals surface area contributed by atoms with Gasteiger partial charge in [-0.2, -0.15) is 8.42 Å². The maximum atomic E-state index is 13.9. The molecule has 3 aromatic carbocycles. The van der Waals surface area contributed by atoms with Gasteiger partial charge < -0.3 is 9.72 Å². The van der Waals surface area contributed by atoms with Crippen molar-refractivity contribution in [3.8, 4) is 16.9 Å². The molecule has 1 heterocycles. The van der Waals surface area contributed by atoms with Crippen molar-refractivity contribution >= 4 is 32.0 Å². The Balaban J connectivity index is 2.20. The lowest BCUT2D eigenvalue weighted by atomic mass is 9.98. The number of aromatic amines is 1. The highest BCUT2D eigenvalue weighted by atomic mass is 32.3. The number of methoxy groups -OCH3 is 1. The molecule has 126 valence electrons. The molecular weight excluding hydrogens is 341 g/mol. The first kappa shape index (κ1) is 15.7. The Bertz CT molecular complexity index is 1210. The van der Waals surface area contributed by atoms with E-state index in [0.29, 0.717) is 11.3 Å². The SMILES string of the molecule is COc1cccc(S(=O)(=O)F)c1-c1cccc2[nH]c3ccccc3c12. The molecule has 0 spiro atoms. The quantitative estimate of drug-likeness (QED) is 0.544. The van der Waals surface area contributed by atoms with Crippen molar-refractivity contribution in [1.29, 1.82) is 0 Å². The summed E-state index contributed by atoms with van der Waals surface area (Å²) in [5.74, 6) is 0.302. The number of H-pyrrole nitrogens is 1. The summed E-state index contributed by atoms with van der Waals surface area (Å²) in [5, 5.41) is 1.76. The van der Waals surface area contributed by atoms with Crippen molar-refractivity contribution in [2.75, 3.05) is 7.11 Å². The minimum Gasteiger partial charge on any atom is -0.496 e. The van der Waals surface area contributed by atoms with Gasteiger partial charge in [0.1, 0.15) is 10.6 Å². The van der Waals surface area contributed by atoms with E-state index in [4.69, 9.17) is 4.74 Å². The van der Waals surface area contributed by atoms with Crippen LogP contribution in [0.25, 0.3) is 32.9 Å². The minimum atomic E-state index is -4.91. The lowest BCUT2D eigenvalue weighted by Gasteiger charge is -2.13. The van der Waals surface area contributed by atoms with Crippen LogP contribution >= 0.6 is 0 Å². The molecule has 0 saturated carbocycles. The highest BCUT2D eigenvalue weighted by molar-refractivity contribution is 7.86. The number of ether oxygens (including phenoxy) is 1. The molecule has 0 saturated heterocycles. The predicted molar refractivity (Wildman–Crippen MR) is 96.1 cm³/mol. The molecule has 0 unspecified atom stereocenters. The van der Waals surface area contributed by atoms with Gasteiger partial charge in [0.25, 0.3) is 0 Å². The minimum absolute atomic E-state index is 0.225. The summed E-state index contributed by atoms with van der Waals surface area (Å²) in [4.78, 5) is 2.90. The van der Waals surface area contributed by atoms with Gasteiger partial charge in [0.15, 0.2) is 0 Å². The monoisotopic (exact) mass is 355 g/mol. The summed E-state index contributed by atoms with van der Waals surface area (Å²) < 4.78 is 42.7. The van der Waals surface area contributed by atoms with Gasteiger partial charge in [0.05, 0.1) is 7.11 Å². The zero-order valence-corrected chi connectivity index (χ0v) is 14.1. The molecule has 0 atom stereocenters. The molecule has 0 aliphatic rings. The van der Waals surface area contributed by atoms with E-state index in [-0.39, 0.29) is 5.56 Å². The van der Waals surface area contributed by atoms with E-state index in [9.17, 15) is 12.3 Å². The lowest BCUT2D eigenvalue weighted by Crippen LogP contribution is -1.99. The molecule has 4 aromatic rings. The Kier molecular flexibility index (Phi) is 3.51. The third kappa shape index (κ3) is 2.46. The highest BCUT2D eigenvalue weighted by Crippen LogP contribution is 2.42. The van der Waals surface area contributed by atoms with Gasteiger partial charge in [-0.25, -0.2) is 0 Å². The second-order valence-electron chi connectivity index (χ2n) is 5.67. The Hall–Kier alpha value is -2.86. The van der Waals surface area contributed by atoms with Gasteiger partial charge in [-0.05, 0) is 29.8 Å². The summed E-state index contributed by atoms with van der Waals surface area (Å²) in [6.07, 6.45) is 0. The molecule has 0 aliphatic carbocycles. The lowest BCUT2D eigenvalue weighted by molar-refractivity contribution is 0.415. The van der Waals surface area contributed by atoms with Gasteiger partial charge >= 0.3 is 10.2 Å². The molecule has 0 aliphatic heterocycles. The molecule has 0 fully saturated rings. The third-order valence-corrected chi connectivity index (χ3v) is 5.14. The van der Waals surface area contributed by atoms with Crippen LogP contribution in [0.5, 0.6) is 5.75 Å². The fourth-order valence-corrected chi connectivity index (χ4v) is 3.96. The Labute approximate surface area is 144 Å². The number of fused-ring (bicyclic) bond motifs is 3. The molecule has 0 amide bonds. The number of hydrogen-bond donors (Lipinski definition) is 1. The van der Waals surface area contributed by atoms with Gasteiger partial charge in [-0.15, -0.1) is 3.89 Å². The molecular formula is C19H14FNO3S. The largest absolute Gasteiger partial charge is 0.496 e. The number of nitrogens with one attached hydrogen (secondary N) is 1. The van der Waals surface area contributed by atoms with Crippen molar-refractivity contribution in [1.82, 2.24) is 4.98 Å². The van der Waals surface area contributed by atoms with Crippen LogP contribution in [0.15, 0.2) is 65.6 Å². The van der Waals surface area contributed by atoms with Crippen molar-refractivity contribution in [3.05, 3.63) is 60.7 Å². The van der Waals surface area contributed by atoms with E-state index in [1.807, 2.05) is 30.3 Å². The molecule has 0 radical (unpaired) electrons. The Morgan fingerprint density at radius 2 is 1.64 bits per heavy atom. The summed E-state index contributed by atoms with van der Waals surface area (Å²) >= 11 is 0. The summed E-state index contributed by atoms with van der Waals surface area (Å²) in [5.41, 5.74) is 2.59. The number of para-hydroxylation sites is 1. The second-order valence-corrected chi connectivity index (χ2v) is 6.99. The van der Waals surface area contributed by atoms with Crippen molar-refractivity contribution < 1.29 is 17.0 Å². The normalized spacial score (nSPS) is 11.9. The predicted octanol–water partition coefficient (Wildman–Crippen LogP) is 4.65. The van der Waals surface area contributed by atoms with Crippen LogP contribution in [-0.2, 0) is 10.2 Å². The van der Waals surface area contributed by atoms with Crippen LogP contribution in [0.3, 0.4) is 0 Å². The molecule has 6 heteroatoms. The number of rotatable bonds is 3. The van der Waals surface area contributed by atoms with Gasteiger partial charge in [-0.3, -0.25) is 0 Å². The van der Waals surface area contributed by atoms with E-state index in [0.717, 1.165) is 21.8 Å². The first-order valence-electron chi connectivity index (χ1n) is 7.62. The van der Waals surface area contributed by atoms with E-state index in [1.165, 1.54) is 19.2 Å². The Morgan fingerprint density at radius 3 is 2.40 bits per heavy atom. The Morgan fingerprint density at radius 1 is 0.920 bits per heavy atom. The molecule has 0 bridgehead atoms. The van der Waals surface area contributed by atoms with E-state index in [2.05, 4.69) is 4.98 Å². The standard InChI is InChI=1S/C19H14FNO3S/c1-24-16-10-5-11-17(25(20,22)23)19(16)13-7-4-9-15-18(13)12-6-2-3-8-14(12)21-15/h2-11,21H,1H3. The summed E-state index contributed by atoms with van der Waals surface area (Å²) in [7, 11) is -3.48. The first-order valence-corrected chi connectivity index (χ1v) is 9.00. The van der Waals surface area contributed by atoms with Crippen LogP contribution in [0.2, 0.25) is 0 Å². The fraction of sp³-hybridized carbons (Fsp3) is 0.0526. The first-order chi connectivity index (χ1) is 12.0. The zero-order valence-electron chi connectivity index (χ0n) is 13.3. The summed E-state index contributed by atoms with van der Waals surface area (Å²) in [6.45, 7) is 0. The number of hydrogen-bond acceptors (Lipinski definition) is 3. The number of aromatic nitrogens is 1. The average molecular weight is 355 g/mol. The van der Waals surface area contributed by atoms with E-state index >= 15 is 0 Å². The number of halogens is 1. The molecule has 4 rings (SSSR count). The van der Waals surface area contributed by atoms with Crippen LogP contribution < -0.4 is 4.74 Å². The van der Waals surface area contributed by atoms with Crippen molar-refractivity contribution in [2.24, 2.45) is 0 Å². The zero-order chi connectivity index (χ0) is 17.6.